The van der Waals surface area contributed by atoms with Gasteiger partial charge in [0, 0.05) is 101 Å². The fourth-order valence-corrected chi connectivity index (χ4v) is 9.81. The van der Waals surface area contributed by atoms with Gasteiger partial charge in [0.1, 0.15) is 34.8 Å². The minimum absolute atomic E-state index is 0. The first kappa shape index (κ1) is 65.0. The molecule has 10 aromatic heterocycles. The molecule has 0 unspecified atom stereocenters. The first-order valence-corrected chi connectivity index (χ1v) is 25.6. The van der Waals surface area contributed by atoms with Crippen LogP contribution in [0.4, 0.5) is 5.69 Å². The van der Waals surface area contributed by atoms with Crippen LogP contribution in [0.15, 0.2) is 158 Å². The SMILES string of the molecule is Cc1c[c-]c2c(ccn3c(C)nnc23)c1.Cc1cn2c(C)nnc2c2[c-]cccc12.Cc1nnc2c3[c-]ccc(-c4ccccc4)c3ccn12.Cc1nnc2c3[c-]cccc3ccn12.[C-]#[N+]c1cc[c-]c2c1ccn1c(C)nnc21.[Ir].[Ir].[Ir].[Ir].[Ir]. The van der Waals surface area contributed by atoms with Crippen LogP contribution in [-0.4, -0.2) is 73.0 Å². The minimum atomic E-state index is 0. The van der Waals surface area contributed by atoms with Gasteiger partial charge in [0.2, 0.25) is 0 Å². The van der Waals surface area contributed by atoms with E-state index in [0.717, 1.165) is 106 Å². The molecule has 21 heteroatoms. The van der Waals surface area contributed by atoms with Gasteiger partial charge in [-0.2, -0.15) is 31.6 Å². The largest absolute Gasteiger partial charge is 0.328 e. The summed E-state index contributed by atoms with van der Waals surface area (Å²) < 4.78 is 9.85. The molecule has 6 aromatic carbocycles. The van der Waals surface area contributed by atoms with Gasteiger partial charge < -0.3 is 22.0 Å². The smallest absolute Gasteiger partial charge is 0.124 e. The van der Waals surface area contributed by atoms with Gasteiger partial charge in [-0.25, -0.2) is 0 Å². The fraction of sp³-hybridized carbons (Fsp3) is 0.109. The molecule has 5 radical (unpaired) electrons. The summed E-state index contributed by atoms with van der Waals surface area (Å²) in [6.45, 7) is 20.9. The molecule has 16 rings (SSSR count). The Balaban J connectivity index is 0.000000151. The number of rotatable bonds is 1. The van der Waals surface area contributed by atoms with E-state index >= 15 is 0 Å². The summed E-state index contributed by atoms with van der Waals surface area (Å²) in [5.74, 6) is 4.44. The molecule has 0 saturated carbocycles. The van der Waals surface area contributed by atoms with Crippen LogP contribution >= 0.6 is 0 Å². The van der Waals surface area contributed by atoms with Crippen LogP contribution in [0.1, 0.15) is 40.2 Å². The van der Waals surface area contributed by atoms with Crippen LogP contribution in [0.5, 0.6) is 0 Å². The monoisotopic (exact) mass is 2000 g/mol. The van der Waals surface area contributed by atoms with Gasteiger partial charge in [0.25, 0.3) is 0 Å². The molecule has 0 aliphatic carbocycles. The molecule has 0 aliphatic rings. The van der Waals surface area contributed by atoms with E-state index in [1.54, 1.807) is 12.1 Å². The molecule has 0 fully saturated rings. The topological polar surface area (TPSA) is 155 Å². The Kier molecular flexibility index (Phi) is 21.5. The molecule has 10 heterocycles. The number of hydrogen-bond donors (Lipinski definition) is 0. The Labute approximate surface area is 556 Å². The van der Waals surface area contributed by atoms with Crippen LogP contribution in [0, 0.1) is 85.4 Å². The summed E-state index contributed by atoms with van der Waals surface area (Å²) in [6.07, 6.45) is 9.96. The van der Waals surface area contributed by atoms with Crippen molar-refractivity contribution in [3.63, 3.8) is 0 Å². The average Bonchev–Trinajstić information content (AvgIpc) is 4.47. The average molecular weight is 2000 g/mol. The predicted octanol–water partition coefficient (Wildman–Crippen LogP) is 12.8. The summed E-state index contributed by atoms with van der Waals surface area (Å²) in [5.41, 5.74) is 9.70. The van der Waals surface area contributed by atoms with Crippen molar-refractivity contribution in [3.8, 4) is 11.1 Å². The van der Waals surface area contributed by atoms with E-state index in [1.807, 2.05) is 130 Å². The predicted molar refractivity (Wildman–Crippen MR) is 312 cm³/mol. The quantitative estimate of drug-likeness (QED) is 0.145. The number of nitrogens with zero attached hydrogens (tertiary/aromatic N) is 16. The summed E-state index contributed by atoms with van der Waals surface area (Å²) in [7, 11) is 0. The van der Waals surface area contributed by atoms with Crippen molar-refractivity contribution in [2.24, 2.45) is 0 Å². The third-order valence-corrected chi connectivity index (χ3v) is 13.9. The van der Waals surface area contributed by atoms with E-state index in [2.05, 4.69) is 173 Å². The van der Waals surface area contributed by atoms with Crippen LogP contribution in [0.2, 0.25) is 0 Å². The number of pyridine rings is 5. The van der Waals surface area contributed by atoms with Gasteiger partial charge in [0.05, 0.1) is 34.8 Å². The van der Waals surface area contributed by atoms with Crippen molar-refractivity contribution in [2.45, 2.75) is 48.5 Å². The van der Waals surface area contributed by atoms with Crippen LogP contribution < -0.4 is 0 Å². The van der Waals surface area contributed by atoms with Crippen LogP contribution in [-0.2, 0) is 101 Å². The zero-order valence-corrected chi connectivity index (χ0v) is 58.3. The van der Waals surface area contributed by atoms with Gasteiger partial charge >= 0.3 is 0 Å². The number of hydrogen-bond acceptors (Lipinski definition) is 10. The first-order valence-electron chi connectivity index (χ1n) is 25.6. The van der Waals surface area contributed by atoms with E-state index in [9.17, 15) is 0 Å². The number of fused-ring (bicyclic) bond motifs is 15. The Bertz CT molecular complexity index is 5050. The third kappa shape index (κ3) is 12.7. The van der Waals surface area contributed by atoms with E-state index < -0.39 is 0 Å². The molecule has 0 saturated heterocycles. The summed E-state index contributed by atoms with van der Waals surface area (Å²) in [6, 6.07) is 58.2. The fourth-order valence-electron chi connectivity index (χ4n) is 9.81. The van der Waals surface area contributed by atoms with Crippen molar-refractivity contribution in [2.75, 3.05) is 0 Å². The summed E-state index contributed by atoms with van der Waals surface area (Å²) in [5, 5.41) is 51.6. The Morgan fingerprint density at radius 3 is 1.39 bits per heavy atom. The Morgan fingerprint density at radius 1 is 0.376 bits per heavy atom. The van der Waals surface area contributed by atoms with Gasteiger partial charge in [-0.15, -0.1) is 150 Å². The molecule has 16 aromatic rings. The van der Waals surface area contributed by atoms with Gasteiger partial charge in [0.15, 0.2) is 0 Å². The second-order valence-electron chi connectivity index (χ2n) is 19.1. The van der Waals surface area contributed by atoms with Crippen molar-refractivity contribution in [1.29, 1.82) is 0 Å². The molecule has 433 valence electrons. The normalized spacial score (nSPS) is 10.5. The summed E-state index contributed by atoms with van der Waals surface area (Å²) in [4.78, 5) is 3.48. The molecule has 0 N–H and O–H groups in total. The Hall–Kier alpha value is -7.54. The standard InChI is InChI=1S/C17H12N3.C12H7N4.2C12H10N3.C11H8N3.5Ir/c1-12-18-19-17-16-9-5-8-14(13-6-3-2-4-7-13)15(16)10-11-20(12)17;1-8-14-15-12-10-4-3-5-11(13-2)9(10)6-7-16(8)12;1-8-3-4-11-10(7-8)5-6-15-9(2)13-14-12(11)15;1-8-7-15-9(2)13-14-12(15)11-6-4-3-5-10(8)11;1-8-12-13-11-10-5-3-2-4-9(10)6-7-14(8)11;;;;;/h2-8,10-11H,1H3;3,5-7H,1H3;3,5-7H,1-2H3;3-5,7H,1-2H3;2-4,6-7H,1H3;;;;;/q5*-1;;;;;. The maximum Gasteiger partial charge on any atom is 0.124 e. The maximum atomic E-state index is 7.11. The molecule has 0 bridgehead atoms. The van der Waals surface area contributed by atoms with E-state index in [4.69, 9.17) is 6.57 Å². The van der Waals surface area contributed by atoms with E-state index in [-0.39, 0.29) is 101 Å². The second kappa shape index (κ2) is 28.1. The molecular weight excluding hydrogens is 1950 g/mol. The second-order valence-corrected chi connectivity index (χ2v) is 19.1. The van der Waals surface area contributed by atoms with Crippen LogP contribution in [0.3, 0.4) is 0 Å². The molecule has 16 nitrogen and oxygen atoms in total. The van der Waals surface area contributed by atoms with E-state index in [0.29, 0.717) is 5.69 Å². The van der Waals surface area contributed by atoms with Gasteiger partial charge in [-0.1, -0.05) is 105 Å². The van der Waals surface area contributed by atoms with Crippen LogP contribution in [0.25, 0.3) is 98.1 Å². The number of aromatic nitrogens is 15. The molecule has 0 spiro atoms. The zero-order valence-electron chi connectivity index (χ0n) is 46.3. The molecule has 85 heavy (non-hydrogen) atoms. The molecule has 0 atom stereocenters. The third-order valence-electron chi connectivity index (χ3n) is 13.9. The van der Waals surface area contributed by atoms with Crippen molar-refractivity contribution >= 4 is 87.8 Å². The van der Waals surface area contributed by atoms with Crippen molar-refractivity contribution in [1.82, 2.24) is 73.0 Å². The van der Waals surface area contributed by atoms with Crippen molar-refractivity contribution in [3.05, 3.63) is 240 Å². The van der Waals surface area contributed by atoms with Crippen molar-refractivity contribution < 1.29 is 101 Å². The molecule has 0 aliphatic heterocycles. The molecular formula is C64H47Ir5N16-5. The number of aryl methyl sites for hydroxylation is 7. The summed E-state index contributed by atoms with van der Waals surface area (Å²) >= 11 is 0. The minimum Gasteiger partial charge on any atom is -0.328 e. The van der Waals surface area contributed by atoms with Gasteiger partial charge in [-0.3, -0.25) is 4.85 Å². The Morgan fingerprint density at radius 2 is 0.812 bits per heavy atom. The first-order chi connectivity index (χ1) is 39.0. The molecule has 0 amide bonds. The van der Waals surface area contributed by atoms with E-state index in [1.165, 1.54) is 27.6 Å². The maximum absolute atomic E-state index is 7.11. The zero-order chi connectivity index (χ0) is 55.0. The van der Waals surface area contributed by atoms with Gasteiger partial charge in [-0.05, 0) is 78.1 Å². The number of benzene rings is 6.